The number of methoxy groups -OCH3 is 1. The number of aryl methyl sites for hydroxylation is 1. The predicted molar refractivity (Wildman–Crippen MR) is 55.7 cm³/mol. The van der Waals surface area contributed by atoms with Crippen molar-refractivity contribution in [1.29, 1.82) is 0 Å². The van der Waals surface area contributed by atoms with E-state index >= 15 is 0 Å². The zero-order valence-corrected chi connectivity index (χ0v) is 8.32. The molecule has 1 aromatic carbocycles. The highest BCUT2D eigenvalue weighted by Crippen LogP contribution is 2.32. The van der Waals surface area contributed by atoms with E-state index in [9.17, 15) is 10.1 Å². The van der Waals surface area contributed by atoms with Gasteiger partial charge in [-0.2, -0.15) is 0 Å². The van der Waals surface area contributed by atoms with Gasteiger partial charge in [-0.15, -0.1) is 0 Å². The average molecular weight is 204 g/mol. The van der Waals surface area contributed by atoms with Gasteiger partial charge in [0.15, 0.2) is 5.75 Å². The summed E-state index contributed by atoms with van der Waals surface area (Å²) in [4.78, 5) is 10.3. The van der Waals surface area contributed by atoms with Gasteiger partial charge in [-0.05, 0) is 36.1 Å². The Kier molecular flexibility index (Phi) is 2.41. The molecule has 0 N–H and O–H groups in total. The number of fused-ring (bicyclic) bond motifs is 1. The molecule has 0 unspecified atom stereocenters. The van der Waals surface area contributed by atoms with Crippen LogP contribution in [0.25, 0.3) is 6.08 Å². The van der Waals surface area contributed by atoms with E-state index in [2.05, 4.69) is 6.08 Å². The lowest BCUT2D eigenvalue weighted by atomic mass is 9.96. The number of benzene rings is 1. The first kappa shape index (κ1) is 9.71. The summed E-state index contributed by atoms with van der Waals surface area (Å²) in [5.41, 5.74) is 1.96. The van der Waals surface area contributed by atoms with Crippen LogP contribution in [0, 0.1) is 16.2 Å². The Balaban J connectivity index is 2.57. The van der Waals surface area contributed by atoms with Crippen molar-refractivity contribution >= 4 is 11.8 Å². The molecular formula is C11H10NO3. The van der Waals surface area contributed by atoms with Crippen LogP contribution in [0.1, 0.15) is 17.5 Å². The summed E-state index contributed by atoms with van der Waals surface area (Å²) in [6.07, 6.45) is 6.57. The van der Waals surface area contributed by atoms with Crippen LogP contribution in [0.2, 0.25) is 0 Å². The Morgan fingerprint density at radius 1 is 1.53 bits per heavy atom. The van der Waals surface area contributed by atoms with E-state index in [1.165, 1.54) is 7.11 Å². The van der Waals surface area contributed by atoms with Gasteiger partial charge in [0.05, 0.1) is 12.0 Å². The van der Waals surface area contributed by atoms with Gasteiger partial charge in [-0.3, -0.25) is 10.1 Å². The van der Waals surface area contributed by atoms with Crippen LogP contribution in [0.4, 0.5) is 5.69 Å². The fourth-order valence-electron chi connectivity index (χ4n) is 1.67. The van der Waals surface area contributed by atoms with Crippen LogP contribution >= 0.6 is 0 Å². The third-order valence-electron chi connectivity index (χ3n) is 2.43. The van der Waals surface area contributed by atoms with E-state index in [0.717, 1.165) is 24.0 Å². The lowest BCUT2D eigenvalue weighted by molar-refractivity contribution is -0.385. The van der Waals surface area contributed by atoms with Crippen molar-refractivity contribution in [2.75, 3.05) is 7.11 Å². The van der Waals surface area contributed by atoms with Crippen molar-refractivity contribution in [2.45, 2.75) is 12.8 Å². The smallest absolute Gasteiger partial charge is 0.311 e. The largest absolute Gasteiger partial charge is 0.490 e. The van der Waals surface area contributed by atoms with Gasteiger partial charge < -0.3 is 4.74 Å². The lowest BCUT2D eigenvalue weighted by Crippen LogP contribution is -2.00. The normalized spacial score (nSPS) is 13.4. The zero-order valence-electron chi connectivity index (χ0n) is 8.32. The first-order valence-electron chi connectivity index (χ1n) is 4.64. The molecular weight excluding hydrogens is 194 g/mol. The first-order chi connectivity index (χ1) is 7.22. The Hall–Kier alpha value is -1.84. The third-order valence-corrected chi connectivity index (χ3v) is 2.43. The van der Waals surface area contributed by atoms with Gasteiger partial charge in [0.25, 0.3) is 0 Å². The Bertz CT molecular complexity index is 438. The maximum absolute atomic E-state index is 10.8. The Labute approximate surface area is 87.3 Å². The van der Waals surface area contributed by atoms with E-state index in [1.54, 1.807) is 18.2 Å². The molecule has 1 aliphatic carbocycles. The molecule has 0 amide bonds. The number of rotatable bonds is 2. The molecule has 4 nitrogen and oxygen atoms in total. The van der Waals surface area contributed by atoms with Gasteiger partial charge in [0.2, 0.25) is 0 Å². The van der Waals surface area contributed by atoms with Gasteiger partial charge in [0, 0.05) is 6.07 Å². The SMILES string of the molecule is COc1cc2c(cc1[N+](=O)[O-])C=[C]CC2. The molecule has 15 heavy (non-hydrogen) atoms. The highest BCUT2D eigenvalue weighted by molar-refractivity contribution is 5.63. The molecule has 0 bridgehead atoms. The van der Waals surface area contributed by atoms with E-state index in [0.29, 0.717) is 5.75 Å². The molecule has 0 atom stereocenters. The van der Waals surface area contributed by atoms with Gasteiger partial charge >= 0.3 is 5.69 Å². The van der Waals surface area contributed by atoms with Crippen molar-refractivity contribution in [3.63, 3.8) is 0 Å². The van der Waals surface area contributed by atoms with Crippen molar-refractivity contribution in [2.24, 2.45) is 0 Å². The molecule has 0 saturated carbocycles. The number of hydrogen-bond donors (Lipinski definition) is 0. The third kappa shape index (κ3) is 1.70. The van der Waals surface area contributed by atoms with Crippen LogP contribution in [-0.4, -0.2) is 12.0 Å². The molecule has 1 radical (unpaired) electrons. The maximum atomic E-state index is 10.8. The fourth-order valence-corrected chi connectivity index (χ4v) is 1.67. The zero-order chi connectivity index (χ0) is 10.8. The number of nitro groups is 1. The molecule has 0 saturated heterocycles. The monoisotopic (exact) mass is 204 g/mol. The highest BCUT2D eigenvalue weighted by Gasteiger charge is 2.18. The maximum Gasteiger partial charge on any atom is 0.311 e. The molecule has 1 aromatic rings. The predicted octanol–water partition coefficient (Wildman–Crippen LogP) is 2.37. The van der Waals surface area contributed by atoms with Crippen molar-refractivity contribution in [3.8, 4) is 5.75 Å². The quantitative estimate of drug-likeness (QED) is 0.549. The summed E-state index contributed by atoms with van der Waals surface area (Å²) < 4.78 is 5.00. The average Bonchev–Trinajstić information content (AvgIpc) is 2.27. The second kappa shape index (κ2) is 3.73. The van der Waals surface area contributed by atoms with E-state index in [-0.39, 0.29) is 5.69 Å². The fraction of sp³-hybridized carbons (Fsp3) is 0.273. The summed E-state index contributed by atoms with van der Waals surface area (Å²) in [6.45, 7) is 0. The topological polar surface area (TPSA) is 52.4 Å². The van der Waals surface area contributed by atoms with Gasteiger partial charge in [-0.25, -0.2) is 0 Å². The van der Waals surface area contributed by atoms with Gasteiger partial charge in [0.1, 0.15) is 0 Å². The number of nitro benzene ring substituents is 1. The van der Waals surface area contributed by atoms with Crippen LogP contribution in [0.3, 0.4) is 0 Å². The molecule has 0 aliphatic heterocycles. The second-order valence-corrected chi connectivity index (χ2v) is 3.33. The molecule has 0 heterocycles. The van der Waals surface area contributed by atoms with Crippen molar-refractivity contribution < 1.29 is 9.66 Å². The van der Waals surface area contributed by atoms with Gasteiger partial charge in [-0.1, -0.05) is 6.08 Å². The molecule has 4 heteroatoms. The molecule has 0 spiro atoms. The standard InChI is InChI=1S/C11H10NO3/c1-15-11-7-9-5-3-2-4-8(9)6-10(11)12(13)14/h4,6-7H,3,5H2,1H3. The molecule has 0 aromatic heterocycles. The Morgan fingerprint density at radius 2 is 2.33 bits per heavy atom. The number of hydrogen-bond acceptors (Lipinski definition) is 3. The molecule has 77 valence electrons. The highest BCUT2D eigenvalue weighted by atomic mass is 16.6. The number of nitrogens with zero attached hydrogens (tertiary/aromatic N) is 1. The van der Waals surface area contributed by atoms with E-state index < -0.39 is 4.92 Å². The Morgan fingerprint density at radius 3 is 3.00 bits per heavy atom. The first-order valence-corrected chi connectivity index (χ1v) is 4.64. The van der Waals surface area contributed by atoms with E-state index in [4.69, 9.17) is 4.74 Å². The second-order valence-electron chi connectivity index (χ2n) is 3.33. The molecule has 1 aliphatic rings. The number of ether oxygens (including phenoxy) is 1. The van der Waals surface area contributed by atoms with Crippen LogP contribution in [0.15, 0.2) is 12.1 Å². The van der Waals surface area contributed by atoms with Crippen LogP contribution in [0.5, 0.6) is 5.75 Å². The summed E-state index contributed by atoms with van der Waals surface area (Å²) in [6, 6.07) is 3.28. The molecule has 2 rings (SSSR count). The minimum Gasteiger partial charge on any atom is -0.490 e. The summed E-state index contributed by atoms with van der Waals surface area (Å²) in [5, 5.41) is 10.8. The minimum absolute atomic E-state index is 0.0104. The van der Waals surface area contributed by atoms with Crippen molar-refractivity contribution in [3.05, 3.63) is 39.4 Å². The van der Waals surface area contributed by atoms with Crippen LogP contribution < -0.4 is 4.74 Å². The summed E-state index contributed by atoms with van der Waals surface area (Å²) in [7, 11) is 1.44. The van der Waals surface area contributed by atoms with E-state index in [1.807, 2.05) is 0 Å². The molecule has 0 fully saturated rings. The lowest BCUT2D eigenvalue weighted by Gasteiger charge is -2.11. The van der Waals surface area contributed by atoms with Crippen LogP contribution in [-0.2, 0) is 6.42 Å². The summed E-state index contributed by atoms with van der Waals surface area (Å²) >= 11 is 0. The number of allylic oxidation sites excluding steroid dienone is 1. The summed E-state index contributed by atoms with van der Waals surface area (Å²) in [5.74, 6) is 0.328. The minimum atomic E-state index is -0.429. The van der Waals surface area contributed by atoms with Crippen molar-refractivity contribution in [1.82, 2.24) is 0 Å².